The number of β-amino-alcohol motifs (C(OH)–C–C–N with tert-alkyl or cyclic N) is 2. The van der Waals surface area contributed by atoms with Gasteiger partial charge in [0.2, 0.25) is 0 Å². The lowest BCUT2D eigenvalue weighted by molar-refractivity contribution is 0.174. The first-order chi connectivity index (χ1) is 24.9. The number of rotatable bonds is 8. The summed E-state index contributed by atoms with van der Waals surface area (Å²) in [6.07, 6.45) is 17.9. The summed E-state index contributed by atoms with van der Waals surface area (Å²) in [5.74, 6) is 2.43. The first-order valence-electron chi connectivity index (χ1n) is 18.4. The number of aromatic amines is 4. The number of H-pyrrole nitrogens is 4. The highest BCUT2D eigenvalue weighted by Gasteiger charge is 2.22. The van der Waals surface area contributed by atoms with Crippen molar-refractivity contribution >= 4 is 33.8 Å². The monoisotopic (exact) mass is 718 g/mol. The number of nitrogens with zero attached hydrogens (tertiary/aromatic N) is 4. The van der Waals surface area contributed by atoms with Gasteiger partial charge in [-0.05, 0) is 30.6 Å². The van der Waals surface area contributed by atoms with Crippen molar-refractivity contribution in [3.8, 4) is 0 Å². The zero-order valence-corrected chi connectivity index (χ0v) is 30.6. The second-order valence-corrected chi connectivity index (χ2v) is 14.7. The summed E-state index contributed by atoms with van der Waals surface area (Å²) >= 11 is 2.01. The zero-order valence-electron chi connectivity index (χ0n) is 29.8. The highest BCUT2D eigenvalue weighted by molar-refractivity contribution is 7.98. The third-order valence-electron chi connectivity index (χ3n) is 9.34. The van der Waals surface area contributed by atoms with E-state index in [2.05, 4.69) is 77.0 Å². The van der Waals surface area contributed by atoms with Gasteiger partial charge in [-0.15, -0.1) is 0 Å². The summed E-state index contributed by atoms with van der Waals surface area (Å²) in [7, 11) is 0. The molecule has 6 N–H and O–H groups in total. The Morgan fingerprint density at radius 1 is 0.725 bits per heavy atom. The van der Waals surface area contributed by atoms with Crippen LogP contribution in [-0.2, 0) is 18.8 Å². The van der Waals surface area contributed by atoms with Crippen molar-refractivity contribution in [2.45, 2.75) is 95.8 Å². The van der Waals surface area contributed by atoms with E-state index in [4.69, 9.17) is 0 Å². The molecular weight excluding hydrogens is 665 g/mol. The van der Waals surface area contributed by atoms with Crippen molar-refractivity contribution in [1.29, 1.82) is 0 Å². The Balaban J connectivity index is 0.000000140. The number of fused-ring (bicyclic) bond motifs is 2. The minimum atomic E-state index is -0.225. The number of aromatic nitrogens is 6. The minimum Gasteiger partial charge on any atom is -0.392 e. The highest BCUT2D eigenvalue weighted by Crippen LogP contribution is 2.19. The van der Waals surface area contributed by atoms with Gasteiger partial charge in [0.25, 0.3) is 11.1 Å². The minimum absolute atomic E-state index is 0.150. The fourth-order valence-electron chi connectivity index (χ4n) is 6.61. The Morgan fingerprint density at radius 2 is 1.20 bits per heavy atom. The molecule has 4 aromatic heterocycles. The molecule has 1 aromatic carbocycles. The van der Waals surface area contributed by atoms with Gasteiger partial charge >= 0.3 is 0 Å². The number of thioether (sulfide) groups is 1. The van der Waals surface area contributed by atoms with Gasteiger partial charge in [0.05, 0.1) is 35.9 Å². The molecule has 0 amide bonds. The maximum atomic E-state index is 11.5. The van der Waals surface area contributed by atoms with Gasteiger partial charge in [-0.1, -0.05) is 75.8 Å². The second kappa shape index (κ2) is 20.3. The zero-order chi connectivity index (χ0) is 35.8. The Kier molecular flexibility index (Phi) is 15.3. The second-order valence-electron chi connectivity index (χ2n) is 13.6. The predicted molar refractivity (Wildman–Crippen MR) is 206 cm³/mol. The molecule has 2 saturated heterocycles. The maximum absolute atomic E-state index is 11.5. The van der Waals surface area contributed by atoms with E-state index in [-0.39, 0.29) is 23.3 Å². The van der Waals surface area contributed by atoms with Gasteiger partial charge < -0.3 is 30.1 Å². The van der Waals surface area contributed by atoms with Crippen LogP contribution in [-0.4, -0.2) is 94.1 Å². The molecular formula is C38H54N8O4S. The van der Waals surface area contributed by atoms with E-state index >= 15 is 0 Å². The fourth-order valence-corrected chi connectivity index (χ4v) is 7.47. The Morgan fingerprint density at radius 3 is 1.61 bits per heavy atom. The Labute approximate surface area is 303 Å². The van der Waals surface area contributed by atoms with E-state index < -0.39 is 0 Å². The van der Waals surface area contributed by atoms with Gasteiger partial charge in [-0.3, -0.25) is 19.4 Å². The molecule has 0 radical (unpaired) electrons. The molecule has 3 aliphatic rings. The molecule has 51 heavy (non-hydrogen) atoms. The van der Waals surface area contributed by atoms with Crippen LogP contribution in [0.25, 0.3) is 22.1 Å². The van der Waals surface area contributed by atoms with Gasteiger partial charge in [0.15, 0.2) is 0 Å². The van der Waals surface area contributed by atoms with Gasteiger partial charge in [-0.2, -0.15) is 11.8 Å². The smallest absolute Gasteiger partial charge is 0.275 e. The van der Waals surface area contributed by atoms with Crippen LogP contribution < -0.4 is 11.1 Å². The van der Waals surface area contributed by atoms with Crippen LogP contribution in [0.2, 0.25) is 0 Å². The first kappa shape index (κ1) is 38.5. The van der Waals surface area contributed by atoms with Crippen LogP contribution in [0.5, 0.6) is 0 Å². The number of nitrogens with one attached hydrogen (secondary N) is 4. The molecule has 0 unspecified atom stereocenters. The topological polar surface area (TPSA) is 170 Å². The van der Waals surface area contributed by atoms with Crippen molar-refractivity contribution in [1.82, 2.24) is 39.7 Å². The summed E-state index contributed by atoms with van der Waals surface area (Å²) in [6.45, 7) is 6.80. The SMILES string of the molecule is C1CCCCC1.CCCSCc1ccccc1.O=c1[nH]cnc2c(CN3CC[C@H](O)C3)c[nH]c12.O=c1[nH]cnc2c(CN3CC[C@H](O)C3)c[nH]c12. The lowest BCUT2D eigenvalue weighted by atomic mass is 10.0. The molecule has 2 atom stereocenters. The van der Waals surface area contributed by atoms with E-state index in [0.717, 1.165) is 53.8 Å². The molecule has 2 aliphatic heterocycles. The first-order valence-corrected chi connectivity index (χ1v) is 19.6. The third kappa shape index (κ3) is 11.9. The lowest BCUT2D eigenvalue weighted by Crippen LogP contribution is -2.21. The quantitative estimate of drug-likeness (QED) is 0.117. The summed E-state index contributed by atoms with van der Waals surface area (Å²) < 4.78 is 0. The molecule has 1 saturated carbocycles. The average molecular weight is 719 g/mol. The van der Waals surface area contributed by atoms with Crippen molar-refractivity contribution in [2.24, 2.45) is 0 Å². The van der Waals surface area contributed by atoms with Crippen molar-refractivity contribution in [3.05, 3.63) is 92.8 Å². The molecule has 6 heterocycles. The van der Waals surface area contributed by atoms with Crippen LogP contribution in [0.1, 0.15) is 81.4 Å². The highest BCUT2D eigenvalue weighted by atomic mass is 32.2. The maximum Gasteiger partial charge on any atom is 0.275 e. The number of hydrogen-bond donors (Lipinski definition) is 6. The molecule has 1 aliphatic carbocycles. The van der Waals surface area contributed by atoms with E-state index in [1.807, 2.05) is 24.2 Å². The van der Waals surface area contributed by atoms with Gasteiger partial charge in [0.1, 0.15) is 11.0 Å². The van der Waals surface area contributed by atoms with Gasteiger partial charge in [0, 0.05) is 68.5 Å². The van der Waals surface area contributed by atoms with E-state index in [0.29, 0.717) is 37.2 Å². The fraction of sp³-hybridized carbons (Fsp3) is 0.526. The number of hydrogen-bond acceptors (Lipinski definition) is 9. The largest absolute Gasteiger partial charge is 0.392 e. The number of aliphatic hydroxyl groups is 2. The number of likely N-dealkylation sites (tertiary alicyclic amines) is 2. The summed E-state index contributed by atoms with van der Waals surface area (Å²) in [5, 5.41) is 18.9. The normalized spacial score (nSPS) is 19.2. The third-order valence-corrected chi connectivity index (χ3v) is 10.6. The van der Waals surface area contributed by atoms with Crippen molar-refractivity contribution in [2.75, 3.05) is 31.9 Å². The van der Waals surface area contributed by atoms with Crippen LogP contribution in [0.3, 0.4) is 0 Å². The molecule has 0 bridgehead atoms. The predicted octanol–water partition coefficient (Wildman–Crippen LogP) is 5.31. The summed E-state index contributed by atoms with van der Waals surface area (Å²) in [6, 6.07) is 10.6. The molecule has 3 fully saturated rings. The van der Waals surface area contributed by atoms with Crippen LogP contribution in [0.4, 0.5) is 0 Å². The lowest BCUT2D eigenvalue weighted by Gasteiger charge is -2.13. The van der Waals surface area contributed by atoms with Crippen molar-refractivity contribution in [3.63, 3.8) is 0 Å². The van der Waals surface area contributed by atoms with E-state index in [1.54, 1.807) is 0 Å². The Bertz CT molecular complexity index is 1730. The van der Waals surface area contributed by atoms with Gasteiger partial charge in [-0.25, -0.2) is 9.97 Å². The van der Waals surface area contributed by atoms with E-state index in [9.17, 15) is 19.8 Å². The van der Waals surface area contributed by atoms with Crippen LogP contribution >= 0.6 is 11.8 Å². The summed E-state index contributed by atoms with van der Waals surface area (Å²) in [4.78, 5) is 46.7. The molecule has 12 nitrogen and oxygen atoms in total. The Hall–Kier alpha value is -3.75. The van der Waals surface area contributed by atoms with Crippen molar-refractivity contribution < 1.29 is 10.2 Å². The van der Waals surface area contributed by atoms with Crippen LogP contribution in [0, 0.1) is 0 Å². The van der Waals surface area contributed by atoms with Crippen LogP contribution in [0.15, 0.2) is 65.0 Å². The molecule has 276 valence electrons. The molecule has 5 aromatic rings. The number of benzene rings is 1. The molecule has 13 heteroatoms. The average Bonchev–Trinajstić information content (AvgIpc) is 3.97. The standard InChI is InChI=1S/2C11H14N4O2.C10H14S.C6H12/c2*16-8-1-2-15(5-8)4-7-3-12-10-9(7)13-6-14-11(10)17;1-2-8-11-9-10-6-4-3-5-7-10;1-2-4-6-5-3-1/h2*3,6,8,12,16H,1-2,4-5H2,(H,13,14,17);3-7H,2,8-9H2,1H3;1-6H2/t2*8-;;/m00../s1. The van der Waals surface area contributed by atoms with E-state index in [1.165, 1.54) is 68.9 Å². The molecule has 8 rings (SSSR count). The summed E-state index contributed by atoms with van der Waals surface area (Å²) in [5.41, 5.74) is 5.60. The number of aliphatic hydroxyl groups excluding tert-OH is 2. The molecule has 0 spiro atoms.